The number of aromatic nitrogens is 1. The zero-order valence-electron chi connectivity index (χ0n) is 14.9. The summed E-state index contributed by atoms with van der Waals surface area (Å²) in [5.74, 6) is 0. The van der Waals surface area contributed by atoms with E-state index in [1.54, 1.807) is 18.6 Å². The molecule has 4 heteroatoms. The Morgan fingerprint density at radius 3 is 2.95 bits per heavy atom. The summed E-state index contributed by atoms with van der Waals surface area (Å²) in [4.78, 5) is 7.59. The topological polar surface area (TPSA) is 32.5 Å². The highest BCUT2D eigenvalue weighted by Gasteiger charge is 2.25. The molecule has 0 unspecified atom stereocenters. The number of aryl methyl sites for hydroxylation is 1. The van der Waals surface area contributed by atoms with E-state index in [2.05, 4.69) is 4.98 Å². The fourth-order valence-electron chi connectivity index (χ4n) is 2.87. The van der Waals surface area contributed by atoms with Crippen LogP contribution in [-0.4, -0.2) is 23.0 Å². The zero-order valence-corrected chi connectivity index (χ0v) is 11.9. The summed E-state index contributed by atoms with van der Waals surface area (Å²) >= 11 is 0. The van der Waals surface area contributed by atoms with E-state index in [1.165, 1.54) is 4.90 Å². The van der Waals surface area contributed by atoms with Crippen LogP contribution in [0.5, 0.6) is 0 Å². The van der Waals surface area contributed by atoms with Crippen molar-refractivity contribution in [2.75, 3.05) is 11.9 Å². The number of anilines is 1. The number of hydrogen-bond acceptors (Lipinski definition) is 4. The number of benzene rings is 1. The molecule has 0 bridgehead atoms. The van der Waals surface area contributed by atoms with Gasteiger partial charge in [-0.25, -0.2) is 4.98 Å². The second kappa shape index (κ2) is 4.25. The Morgan fingerprint density at radius 1 is 1.24 bits per heavy atom. The molecule has 21 heavy (non-hydrogen) atoms. The third-order valence-electron chi connectivity index (χ3n) is 4.04. The molecular formula is C17H17N3O. The van der Waals surface area contributed by atoms with Crippen molar-refractivity contribution in [3.05, 3.63) is 48.4 Å². The molecule has 4 nitrogen and oxygen atoms in total. The van der Waals surface area contributed by atoms with E-state index < -0.39 is 6.98 Å². The Labute approximate surface area is 127 Å². The molecular weight excluding hydrogens is 262 g/mol. The second-order valence-electron chi connectivity index (χ2n) is 5.31. The first kappa shape index (κ1) is 9.45. The van der Waals surface area contributed by atoms with Crippen LogP contribution in [0.2, 0.25) is 0 Å². The van der Waals surface area contributed by atoms with Crippen LogP contribution in [0.25, 0.3) is 22.1 Å². The monoisotopic (exact) mass is 282 g/mol. The molecule has 2 aromatic heterocycles. The van der Waals surface area contributed by atoms with Gasteiger partial charge in [0.1, 0.15) is 6.17 Å². The maximum atomic E-state index is 7.66. The van der Waals surface area contributed by atoms with Crippen LogP contribution in [0.15, 0.2) is 47.3 Å². The molecule has 3 heterocycles. The average Bonchev–Trinajstić information content (AvgIpc) is 3.07. The van der Waals surface area contributed by atoms with Crippen molar-refractivity contribution in [2.45, 2.75) is 20.0 Å². The summed E-state index contributed by atoms with van der Waals surface area (Å²) in [6.07, 6.45) is 4.77. The van der Waals surface area contributed by atoms with Crippen LogP contribution in [0.3, 0.4) is 0 Å². The number of pyridine rings is 1. The Bertz CT molecular complexity index is 961. The standard InChI is InChI=1S/C17H17N3O/c1-11-6-7-13-14-5-4-8-18-17(14)21-16(13)15(11)20-10-9-19(3)12(20)2/h4-10,12H,1-3H3/t12-/m0/s1/i3D3. The molecule has 1 aliphatic rings. The molecule has 0 N–H and O–H groups in total. The summed E-state index contributed by atoms with van der Waals surface area (Å²) in [5.41, 5.74) is 3.21. The van der Waals surface area contributed by atoms with E-state index in [9.17, 15) is 0 Å². The predicted octanol–water partition coefficient (Wildman–Crippen LogP) is 3.86. The Hall–Kier alpha value is -2.49. The van der Waals surface area contributed by atoms with Crippen LogP contribution in [0.1, 0.15) is 16.6 Å². The molecule has 0 radical (unpaired) electrons. The van der Waals surface area contributed by atoms with Crippen LogP contribution >= 0.6 is 0 Å². The van der Waals surface area contributed by atoms with Gasteiger partial charge in [0.15, 0.2) is 5.58 Å². The predicted molar refractivity (Wildman–Crippen MR) is 85.1 cm³/mol. The molecule has 0 aliphatic carbocycles. The molecule has 3 aromatic rings. The van der Waals surface area contributed by atoms with Gasteiger partial charge in [-0.3, -0.25) is 0 Å². The number of nitrogens with zero attached hydrogens (tertiary/aromatic N) is 3. The molecule has 1 atom stereocenters. The summed E-state index contributed by atoms with van der Waals surface area (Å²) < 4.78 is 29.0. The summed E-state index contributed by atoms with van der Waals surface area (Å²) in [7, 11) is 0. The van der Waals surface area contributed by atoms with Crippen molar-refractivity contribution in [3.8, 4) is 0 Å². The van der Waals surface area contributed by atoms with Crippen molar-refractivity contribution in [1.82, 2.24) is 9.88 Å². The smallest absolute Gasteiger partial charge is 0.227 e. The van der Waals surface area contributed by atoms with E-state index in [1.807, 2.05) is 43.0 Å². The molecule has 1 aromatic carbocycles. The van der Waals surface area contributed by atoms with Crippen molar-refractivity contribution in [2.24, 2.45) is 0 Å². The highest BCUT2D eigenvalue weighted by atomic mass is 16.3. The number of hydrogen-bond donors (Lipinski definition) is 0. The van der Waals surface area contributed by atoms with Gasteiger partial charge < -0.3 is 14.2 Å². The first-order valence-electron chi connectivity index (χ1n) is 8.40. The lowest BCUT2D eigenvalue weighted by molar-refractivity contribution is 0.383. The van der Waals surface area contributed by atoms with Gasteiger partial charge in [0.25, 0.3) is 0 Å². The molecule has 0 fully saturated rings. The zero-order chi connectivity index (χ0) is 17.1. The van der Waals surface area contributed by atoms with E-state index in [-0.39, 0.29) is 6.17 Å². The lowest BCUT2D eigenvalue weighted by Crippen LogP contribution is -2.33. The molecule has 106 valence electrons. The molecule has 1 aliphatic heterocycles. The third-order valence-corrected chi connectivity index (χ3v) is 4.04. The van der Waals surface area contributed by atoms with E-state index in [0.717, 1.165) is 27.6 Å². The molecule has 0 spiro atoms. The molecule has 0 amide bonds. The first-order chi connectivity index (χ1) is 11.4. The minimum Gasteiger partial charge on any atom is -0.435 e. The summed E-state index contributed by atoms with van der Waals surface area (Å²) in [6.45, 7) is 1.68. The van der Waals surface area contributed by atoms with Gasteiger partial charge >= 0.3 is 0 Å². The molecule has 4 rings (SSSR count). The molecule has 0 saturated carbocycles. The summed E-state index contributed by atoms with van der Waals surface area (Å²) in [6, 6.07) is 7.91. The van der Waals surface area contributed by atoms with Gasteiger partial charge in [-0.2, -0.15) is 0 Å². The van der Waals surface area contributed by atoms with E-state index in [0.29, 0.717) is 5.71 Å². The minimum atomic E-state index is -2.18. The van der Waals surface area contributed by atoms with Gasteiger partial charge in [-0.05, 0) is 31.5 Å². The van der Waals surface area contributed by atoms with Crippen LogP contribution in [0, 0.1) is 6.92 Å². The lowest BCUT2D eigenvalue weighted by Gasteiger charge is -2.28. The number of rotatable bonds is 1. The quantitative estimate of drug-likeness (QED) is 0.678. The van der Waals surface area contributed by atoms with E-state index in [4.69, 9.17) is 8.53 Å². The van der Waals surface area contributed by atoms with Crippen molar-refractivity contribution >= 4 is 27.8 Å². The van der Waals surface area contributed by atoms with Gasteiger partial charge in [0, 0.05) is 40.5 Å². The second-order valence-corrected chi connectivity index (χ2v) is 5.31. The lowest BCUT2D eigenvalue weighted by atomic mass is 10.1. The fourth-order valence-corrected chi connectivity index (χ4v) is 2.87. The van der Waals surface area contributed by atoms with Gasteiger partial charge in [-0.15, -0.1) is 0 Å². The maximum Gasteiger partial charge on any atom is 0.227 e. The largest absolute Gasteiger partial charge is 0.435 e. The Morgan fingerprint density at radius 2 is 2.14 bits per heavy atom. The van der Waals surface area contributed by atoms with Gasteiger partial charge in [0.05, 0.1) is 5.69 Å². The number of fused-ring (bicyclic) bond motifs is 3. The van der Waals surface area contributed by atoms with Crippen LogP contribution in [-0.2, 0) is 0 Å². The van der Waals surface area contributed by atoms with Gasteiger partial charge in [-0.1, -0.05) is 12.1 Å². The summed E-state index contributed by atoms with van der Waals surface area (Å²) in [5, 5.41) is 1.93. The average molecular weight is 282 g/mol. The number of furan rings is 1. The Balaban J connectivity index is 1.91. The maximum absolute atomic E-state index is 7.66. The minimum absolute atomic E-state index is 0.331. The van der Waals surface area contributed by atoms with Crippen molar-refractivity contribution in [3.63, 3.8) is 0 Å². The van der Waals surface area contributed by atoms with Crippen LogP contribution < -0.4 is 4.90 Å². The Kier molecular flexibility index (Phi) is 1.91. The molecule has 0 saturated heterocycles. The first-order valence-corrected chi connectivity index (χ1v) is 6.90. The normalized spacial score (nSPS) is 21.0. The highest BCUT2D eigenvalue weighted by molar-refractivity contribution is 6.08. The van der Waals surface area contributed by atoms with Gasteiger partial charge in [0.2, 0.25) is 5.71 Å². The van der Waals surface area contributed by atoms with E-state index >= 15 is 0 Å². The highest BCUT2D eigenvalue weighted by Crippen LogP contribution is 2.38. The van der Waals surface area contributed by atoms with Crippen molar-refractivity contribution < 1.29 is 8.53 Å². The van der Waals surface area contributed by atoms with Crippen molar-refractivity contribution in [1.29, 1.82) is 0 Å². The fraction of sp³-hybridized carbons (Fsp3) is 0.235. The third kappa shape index (κ3) is 1.65. The van der Waals surface area contributed by atoms with Crippen LogP contribution in [0.4, 0.5) is 5.69 Å². The SMILES string of the molecule is [2H]C([2H])([2H])N1C=CN(c2c(C)ccc3c2oc2ncccc23)[C@H]1C.